The van der Waals surface area contributed by atoms with E-state index >= 15 is 0 Å². The summed E-state index contributed by atoms with van der Waals surface area (Å²) in [6.45, 7) is 0. The highest BCUT2D eigenvalue weighted by atomic mass is 79.9. The maximum Gasteiger partial charge on any atom is 0.315 e. The molecule has 0 aliphatic rings. The quantitative estimate of drug-likeness (QED) is 0.382. The van der Waals surface area contributed by atoms with Crippen LogP contribution in [0.2, 0.25) is 0 Å². The summed E-state index contributed by atoms with van der Waals surface area (Å²) in [5.74, 6) is -1.45. The first kappa shape index (κ1) is 14.2. The fraction of sp³-hybridized carbons (Fsp3) is 0. The maximum atomic E-state index is 13.7. The minimum absolute atomic E-state index is 0.0179. The van der Waals surface area contributed by atoms with Gasteiger partial charge in [-0.15, -0.1) is 0 Å². The first-order valence-corrected chi connectivity index (χ1v) is 6.14. The molecule has 20 heavy (non-hydrogen) atoms. The van der Waals surface area contributed by atoms with Gasteiger partial charge in [-0.3, -0.25) is 10.1 Å². The molecule has 2 aromatic rings. The lowest BCUT2D eigenvalue weighted by Crippen LogP contribution is -2.02. The molecule has 0 aliphatic carbocycles. The van der Waals surface area contributed by atoms with Gasteiger partial charge < -0.3 is 11.1 Å². The average molecular weight is 344 g/mol. The van der Waals surface area contributed by atoms with Gasteiger partial charge in [-0.05, 0) is 34.1 Å². The highest BCUT2D eigenvalue weighted by Gasteiger charge is 2.19. The third-order valence-electron chi connectivity index (χ3n) is 2.53. The van der Waals surface area contributed by atoms with Gasteiger partial charge in [0.15, 0.2) is 0 Å². The van der Waals surface area contributed by atoms with Crippen molar-refractivity contribution < 1.29 is 13.7 Å². The summed E-state index contributed by atoms with van der Waals surface area (Å²) in [5.41, 5.74) is 4.81. The number of nitrogens with one attached hydrogen (secondary N) is 1. The van der Waals surface area contributed by atoms with Crippen molar-refractivity contribution in [3.63, 3.8) is 0 Å². The van der Waals surface area contributed by atoms with E-state index in [-0.39, 0.29) is 21.5 Å². The number of nitro groups is 1. The molecule has 0 saturated carbocycles. The molecule has 3 N–H and O–H groups in total. The first-order valence-electron chi connectivity index (χ1n) is 5.34. The molecular weight excluding hydrogens is 336 g/mol. The Morgan fingerprint density at radius 3 is 2.55 bits per heavy atom. The molecule has 2 rings (SSSR count). The lowest BCUT2D eigenvalue weighted by atomic mass is 10.2. The van der Waals surface area contributed by atoms with E-state index in [1.165, 1.54) is 18.2 Å². The van der Waals surface area contributed by atoms with Crippen LogP contribution in [-0.2, 0) is 0 Å². The van der Waals surface area contributed by atoms with Crippen molar-refractivity contribution in [3.8, 4) is 0 Å². The topological polar surface area (TPSA) is 81.2 Å². The summed E-state index contributed by atoms with van der Waals surface area (Å²) in [4.78, 5) is 10.3. The smallest absolute Gasteiger partial charge is 0.315 e. The van der Waals surface area contributed by atoms with Gasteiger partial charge in [0.25, 0.3) is 0 Å². The number of nitro benzene ring substituents is 1. The average Bonchev–Trinajstić information content (AvgIpc) is 2.35. The Balaban J connectivity index is 2.48. The minimum Gasteiger partial charge on any atom is -0.393 e. The monoisotopic (exact) mass is 343 g/mol. The molecule has 0 unspecified atom stereocenters. The molecule has 5 nitrogen and oxygen atoms in total. The Labute approximate surface area is 120 Å². The molecule has 0 radical (unpaired) electrons. The van der Waals surface area contributed by atoms with E-state index in [1.807, 2.05) is 0 Å². The fourth-order valence-electron chi connectivity index (χ4n) is 1.63. The maximum absolute atomic E-state index is 13.7. The predicted octanol–water partition coefficient (Wildman–Crippen LogP) is 3.96. The molecule has 0 amide bonds. The Morgan fingerprint density at radius 1 is 1.20 bits per heavy atom. The van der Waals surface area contributed by atoms with E-state index in [0.29, 0.717) is 0 Å². The summed E-state index contributed by atoms with van der Waals surface area (Å²) in [7, 11) is 0. The number of halogens is 3. The molecule has 104 valence electrons. The van der Waals surface area contributed by atoms with Crippen molar-refractivity contribution in [1.29, 1.82) is 0 Å². The Morgan fingerprint density at radius 2 is 1.90 bits per heavy atom. The number of nitrogens with zero attached hydrogens (tertiary/aromatic N) is 1. The summed E-state index contributed by atoms with van der Waals surface area (Å²) in [5, 5.41) is 13.4. The first-order chi connectivity index (χ1) is 9.40. The number of nitrogen functional groups attached to an aromatic ring is 1. The largest absolute Gasteiger partial charge is 0.393 e. The zero-order valence-electron chi connectivity index (χ0n) is 9.86. The van der Waals surface area contributed by atoms with E-state index in [2.05, 4.69) is 21.2 Å². The van der Waals surface area contributed by atoms with Crippen LogP contribution in [0.3, 0.4) is 0 Å². The van der Waals surface area contributed by atoms with Gasteiger partial charge in [-0.2, -0.15) is 0 Å². The summed E-state index contributed by atoms with van der Waals surface area (Å²) >= 11 is 2.84. The molecule has 2 aromatic carbocycles. The molecule has 0 fully saturated rings. The van der Waals surface area contributed by atoms with Gasteiger partial charge in [0.1, 0.15) is 23.0 Å². The van der Waals surface area contributed by atoms with E-state index in [1.54, 1.807) is 0 Å². The van der Waals surface area contributed by atoms with Crippen molar-refractivity contribution in [1.82, 2.24) is 0 Å². The van der Waals surface area contributed by atoms with Gasteiger partial charge in [-0.25, -0.2) is 8.78 Å². The summed E-state index contributed by atoms with van der Waals surface area (Å²) < 4.78 is 27.0. The summed E-state index contributed by atoms with van der Waals surface area (Å²) in [6.07, 6.45) is 0. The van der Waals surface area contributed by atoms with E-state index in [9.17, 15) is 18.9 Å². The van der Waals surface area contributed by atoms with Crippen LogP contribution in [0.1, 0.15) is 0 Å². The Bertz CT molecular complexity index is 695. The van der Waals surface area contributed by atoms with Crippen LogP contribution >= 0.6 is 15.9 Å². The fourth-order valence-corrected chi connectivity index (χ4v) is 1.94. The number of hydrogen-bond donors (Lipinski definition) is 2. The number of rotatable bonds is 3. The number of benzene rings is 2. The van der Waals surface area contributed by atoms with Crippen LogP contribution in [-0.4, -0.2) is 4.92 Å². The van der Waals surface area contributed by atoms with Gasteiger partial charge >= 0.3 is 5.69 Å². The number of hydrogen-bond acceptors (Lipinski definition) is 4. The normalized spacial score (nSPS) is 10.3. The Kier molecular flexibility index (Phi) is 3.84. The lowest BCUT2D eigenvalue weighted by Gasteiger charge is -2.10. The molecule has 0 aromatic heterocycles. The Hall–Kier alpha value is -2.22. The van der Waals surface area contributed by atoms with E-state index in [0.717, 1.165) is 12.1 Å². The van der Waals surface area contributed by atoms with Crippen LogP contribution < -0.4 is 11.1 Å². The minimum atomic E-state index is -0.755. The predicted molar refractivity (Wildman–Crippen MR) is 74.8 cm³/mol. The molecule has 0 spiro atoms. The SMILES string of the molecule is Nc1cccc(Nc2cc(F)c(Br)cc2F)c1[N+](=O)[O-]. The lowest BCUT2D eigenvalue weighted by molar-refractivity contribution is -0.383. The summed E-state index contributed by atoms with van der Waals surface area (Å²) in [6, 6.07) is 6.00. The van der Waals surface area contributed by atoms with Crippen molar-refractivity contribution in [2.24, 2.45) is 0 Å². The van der Waals surface area contributed by atoms with Crippen molar-refractivity contribution in [2.75, 3.05) is 11.1 Å². The van der Waals surface area contributed by atoms with Crippen molar-refractivity contribution in [3.05, 3.63) is 56.6 Å². The molecular formula is C12H8BrF2N3O2. The second-order valence-corrected chi connectivity index (χ2v) is 4.73. The van der Waals surface area contributed by atoms with Crippen molar-refractivity contribution in [2.45, 2.75) is 0 Å². The van der Waals surface area contributed by atoms with Gasteiger partial charge in [0.2, 0.25) is 0 Å². The number of anilines is 3. The van der Waals surface area contributed by atoms with Crippen LogP contribution in [0.25, 0.3) is 0 Å². The van der Waals surface area contributed by atoms with Crippen LogP contribution in [0.4, 0.5) is 31.5 Å². The third kappa shape index (κ3) is 2.69. The molecule has 0 atom stereocenters. The second-order valence-electron chi connectivity index (χ2n) is 3.87. The second kappa shape index (κ2) is 5.41. The van der Waals surface area contributed by atoms with Gasteiger partial charge in [0.05, 0.1) is 15.1 Å². The van der Waals surface area contributed by atoms with E-state index < -0.39 is 22.2 Å². The standard InChI is InChI=1S/C12H8BrF2N3O2/c13-6-4-8(15)11(5-7(6)14)17-10-3-1-2-9(16)12(10)18(19)20/h1-5,17H,16H2. The molecule has 0 saturated heterocycles. The molecule has 0 heterocycles. The zero-order chi connectivity index (χ0) is 14.9. The number of nitrogens with two attached hydrogens (primary N) is 1. The van der Waals surface area contributed by atoms with E-state index in [4.69, 9.17) is 5.73 Å². The van der Waals surface area contributed by atoms with Gasteiger partial charge in [0, 0.05) is 6.07 Å². The van der Waals surface area contributed by atoms with Crippen LogP contribution in [0, 0.1) is 21.7 Å². The van der Waals surface area contributed by atoms with Gasteiger partial charge in [-0.1, -0.05) is 6.07 Å². The third-order valence-corrected chi connectivity index (χ3v) is 3.14. The highest BCUT2D eigenvalue weighted by molar-refractivity contribution is 9.10. The van der Waals surface area contributed by atoms with Crippen LogP contribution in [0.15, 0.2) is 34.8 Å². The molecule has 0 bridgehead atoms. The zero-order valence-corrected chi connectivity index (χ0v) is 11.4. The van der Waals surface area contributed by atoms with Crippen molar-refractivity contribution >= 4 is 38.7 Å². The molecule has 0 aliphatic heterocycles. The number of para-hydroxylation sites is 1. The van der Waals surface area contributed by atoms with Crippen LogP contribution in [0.5, 0.6) is 0 Å². The molecule has 8 heteroatoms. The highest BCUT2D eigenvalue weighted by Crippen LogP contribution is 2.34.